The number of ether oxygens (including phenoxy) is 1. The van der Waals surface area contributed by atoms with E-state index in [1.807, 2.05) is 47.3 Å². The second kappa shape index (κ2) is 13.1. The first-order valence-electron chi connectivity index (χ1n) is 14.7. The lowest BCUT2D eigenvalue weighted by Gasteiger charge is -2.48. The molecule has 2 aliphatic rings. The minimum absolute atomic E-state index is 0.0886. The van der Waals surface area contributed by atoms with Gasteiger partial charge in [-0.15, -0.1) is 0 Å². The van der Waals surface area contributed by atoms with Crippen LogP contribution in [-0.2, 0) is 36.2 Å². The minimum atomic E-state index is -2.01. The van der Waals surface area contributed by atoms with Crippen molar-refractivity contribution >= 4 is 42.6 Å². The number of rotatable bonds is 12. The van der Waals surface area contributed by atoms with Crippen molar-refractivity contribution in [1.82, 2.24) is 9.80 Å². The Balaban J connectivity index is 1.73. The highest BCUT2D eigenvalue weighted by molar-refractivity contribution is 7.89. The zero-order chi connectivity index (χ0) is 32.5. The van der Waals surface area contributed by atoms with Crippen molar-refractivity contribution in [3.63, 3.8) is 0 Å². The molecule has 0 saturated carbocycles. The number of amides is 2. The number of esters is 1. The molecule has 0 aliphatic carbocycles. The van der Waals surface area contributed by atoms with Crippen molar-refractivity contribution in [2.24, 2.45) is 11.8 Å². The van der Waals surface area contributed by atoms with Crippen LogP contribution in [0.4, 0.5) is 5.69 Å². The number of fused-ring (bicyclic) bond motifs is 1. The Morgan fingerprint density at radius 3 is 2.27 bits per heavy atom. The first kappa shape index (κ1) is 33.2. The molecule has 44 heavy (non-hydrogen) atoms. The number of nitrogens with zero attached hydrogens (tertiary/aromatic N) is 3. The molecule has 2 aromatic carbocycles. The van der Waals surface area contributed by atoms with E-state index < -0.39 is 54.0 Å². The van der Waals surface area contributed by atoms with Crippen molar-refractivity contribution < 1.29 is 32.7 Å². The third-order valence-electron chi connectivity index (χ3n) is 7.91. The monoisotopic (exact) mass is 641 g/mol. The average molecular weight is 642 g/mol. The second-order valence-corrected chi connectivity index (χ2v) is 17.8. The summed E-state index contributed by atoms with van der Waals surface area (Å²) in [4.78, 5) is 54.7. The van der Waals surface area contributed by atoms with E-state index in [-0.39, 0.29) is 45.2 Å². The Labute approximate surface area is 260 Å². The summed E-state index contributed by atoms with van der Waals surface area (Å²) in [5.41, 5.74) is 0.586. The van der Waals surface area contributed by atoms with E-state index in [4.69, 9.17) is 9.16 Å². The fourth-order valence-corrected chi connectivity index (χ4v) is 8.81. The molecule has 2 amide bonds. The Kier molecular flexibility index (Phi) is 9.91. The van der Waals surface area contributed by atoms with Gasteiger partial charge in [-0.05, 0) is 70.2 Å². The largest absolute Gasteiger partial charge is 0.456 e. The highest BCUT2D eigenvalue weighted by atomic mass is 32.2. The van der Waals surface area contributed by atoms with Crippen LogP contribution in [0.5, 0.6) is 0 Å². The van der Waals surface area contributed by atoms with Gasteiger partial charge >= 0.3 is 5.97 Å². The topological polar surface area (TPSA) is 136 Å². The van der Waals surface area contributed by atoms with Crippen molar-refractivity contribution in [2.75, 3.05) is 13.1 Å². The molecular formula is C31H39N3O8SSi. The van der Waals surface area contributed by atoms with E-state index >= 15 is 0 Å². The fourth-order valence-electron chi connectivity index (χ4n) is 5.92. The van der Waals surface area contributed by atoms with E-state index in [1.54, 1.807) is 29.2 Å². The summed E-state index contributed by atoms with van der Waals surface area (Å²) in [5.74, 6) is -2.46. The smallest absolute Gasteiger partial charge is 0.356 e. The number of nitro benzene ring substituents is 1. The normalized spacial score (nSPS) is 20.9. The number of hydrogen-bond donors (Lipinski definition) is 0. The molecule has 1 saturated heterocycles. The van der Waals surface area contributed by atoms with Crippen LogP contribution in [0.1, 0.15) is 43.6 Å². The molecule has 236 valence electrons. The molecule has 2 aliphatic heterocycles. The zero-order valence-electron chi connectivity index (χ0n) is 26.1. The van der Waals surface area contributed by atoms with E-state index in [0.717, 1.165) is 0 Å². The van der Waals surface area contributed by atoms with Gasteiger partial charge in [-0.3, -0.25) is 19.7 Å². The van der Waals surface area contributed by atoms with E-state index in [9.17, 15) is 28.7 Å². The van der Waals surface area contributed by atoms with Gasteiger partial charge < -0.3 is 19.0 Å². The van der Waals surface area contributed by atoms with Gasteiger partial charge in [-0.25, -0.2) is 9.00 Å². The SMILES string of the molecule is CCN(CC)C(=O)c1ccccc1S(=O)C1=C(C(=O)OCc2ccc([N+](=O)[O-])cc2)N2C(=O)C(C(C)O[Si](C)(C)C)[C@H]2C1C. The van der Waals surface area contributed by atoms with Gasteiger partial charge in [0.15, 0.2) is 8.32 Å². The van der Waals surface area contributed by atoms with Gasteiger partial charge in [-0.1, -0.05) is 19.1 Å². The Morgan fingerprint density at radius 2 is 1.70 bits per heavy atom. The van der Waals surface area contributed by atoms with E-state index in [0.29, 0.717) is 18.7 Å². The molecular weight excluding hydrogens is 603 g/mol. The summed E-state index contributed by atoms with van der Waals surface area (Å²) in [6.45, 7) is 14.2. The summed E-state index contributed by atoms with van der Waals surface area (Å²) < 4.78 is 26.3. The number of β-lactam (4-membered cyclic amide) rings is 1. The predicted octanol–water partition coefficient (Wildman–Crippen LogP) is 4.86. The number of carbonyl (C=O) groups is 3. The molecule has 0 spiro atoms. The van der Waals surface area contributed by atoms with Crippen LogP contribution >= 0.6 is 0 Å². The highest BCUT2D eigenvalue weighted by Crippen LogP contribution is 2.50. The van der Waals surface area contributed by atoms with Crippen LogP contribution in [-0.4, -0.2) is 70.3 Å². The maximum absolute atomic E-state index is 14.5. The Hall–Kier alpha value is -3.68. The maximum atomic E-state index is 14.5. The first-order chi connectivity index (χ1) is 20.7. The minimum Gasteiger partial charge on any atom is -0.456 e. The number of benzene rings is 2. The van der Waals surface area contributed by atoms with Gasteiger partial charge in [0.2, 0.25) is 5.91 Å². The second-order valence-electron chi connectivity index (χ2n) is 11.9. The lowest BCUT2D eigenvalue weighted by atomic mass is 9.79. The molecule has 0 bridgehead atoms. The van der Waals surface area contributed by atoms with Crippen molar-refractivity contribution in [3.05, 3.63) is 80.4 Å². The number of nitro groups is 1. The molecule has 0 N–H and O–H groups in total. The third kappa shape index (κ3) is 6.40. The van der Waals surface area contributed by atoms with Crippen molar-refractivity contribution in [1.29, 1.82) is 0 Å². The van der Waals surface area contributed by atoms with Crippen molar-refractivity contribution in [2.45, 2.75) is 71.0 Å². The Bertz CT molecular complexity index is 1520. The van der Waals surface area contributed by atoms with Crippen LogP contribution in [0.3, 0.4) is 0 Å². The van der Waals surface area contributed by atoms with Crippen LogP contribution in [0.2, 0.25) is 19.6 Å². The van der Waals surface area contributed by atoms with Crippen LogP contribution in [0.25, 0.3) is 0 Å². The summed E-state index contributed by atoms with van der Waals surface area (Å²) in [6, 6.07) is 11.7. The van der Waals surface area contributed by atoms with E-state index in [2.05, 4.69) is 0 Å². The number of carbonyl (C=O) groups excluding carboxylic acids is 3. The summed E-state index contributed by atoms with van der Waals surface area (Å²) in [6.07, 6.45) is -0.417. The van der Waals surface area contributed by atoms with Gasteiger partial charge in [0.05, 0.1) is 49.2 Å². The van der Waals surface area contributed by atoms with Crippen LogP contribution in [0, 0.1) is 22.0 Å². The number of hydrogen-bond acceptors (Lipinski definition) is 8. The molecule has 2 heterocycles. The standard InChI is InChI=1S/C31H39N3O8SSi/c1-8-32(9-2)29(35)23-12-10-11-13-24(23)43(40)28-19(3)26-25(20(4)42-44(5,6)7)30(36)33(26)27(28)31(37)41-18-21-14-16-22(17-15-21)34(38)39/h10-17,19-20,25-26H,8-9,18H2,1-7H3/t19?,20?,25?,26-,43?/m1/s1. The zero-order valence-corrected chi connectivity index (χ0v) is 27.9. The number of non-ortho nitro benzene ring substituents is 1. The van der Waals surface area contributed by atoms with Gasteiger partial charge in [0, 0.05) is 31.1 Å². The van der Waals surface area contributed by atoms with Crippen molar-refractivity contribution in [3.8, 4) is 0 Å². The molecule has 4 rings (SSSR count). The molecule has 13 heteroatoms. The summed E-state index contributed by atoms with van der Waals surface area (Å²) in [5, 5.41) is 11.0. The summed E-state index contributed by atoms with van der Waals surface area (Å²) >= 11 is 0. The quantitative estimate of drug-likeness (QED) is 0.105. The lowest BCUT2D eigenvalue weighted by molar-refractivity contribution is -0.384. The van der Waals surface area contributed by atoms with Gasteiger partial charge in [0.25, 0.3) is 11.6 Å². The average Bonchev–Trinajstić information content (AvgIpc) is 3.23. The Morgan fingerprint density at radius 1 is 1.09 bits per heavy atom. The van der Waals surface area contributed by atoms with Gasteiger partial charge in [-0.2, -0.15) is 0 Å². The lowest BCUT2D eigenvalue weighted by Crippen LogP contribution is -2.64. The van der Waals surface area contributed by atoms with Crippen LogP contribution in [0.15, 0.2) is 64.0 Å². The van der Waals surface area contributed by atoms with Gasteiger partial charge in [0.1, 0.15) is 12.3 Å². The maximum Gasteiger partial charge on any atom is 0.356 e. The van der Waals surface area contributed by atoms with Crippen LogP contribution < -0.4 is 0 Å². The van der Waals surface area contributed by atoms with E-state index in [1.165, 1.54) is 29.2 Å². The molecule has 4 unspecified atom stereocenters. The summed E-state index contributed by atoms with van der Waals surface area (Å²) in [7, 11) is -3.99. The molecule has 1 fully saturated rings. The molecule has 5 atom stereocenters. The molecule has 0 radical (unpaired) electrons. The molecule has 0 aromatic heterocycles. The predicted molar refractivity (Wildman–Crippen MR) is 167 cm³/mol. The molecule has 2 aromatic rings. The third-order valence-corrected chi connectivity index (χ3v) is 10.7. The highest BCUT2D eigenvalue weighted by Gasteiger charge is 2.62. The fraction of sp³-hybridized carbons (Fsp3) is 0.452. The molecule has 11 nitrogen and oxygen atoms in total. The first-order valence-corrected chi connectivity index (χ1v) is 19.2.